The molecule has 0 aliphatic carbocycles. The van der Waals surface area contributed by atoms with Gasteiger partial charge in [0.1, 0.15) is 34.6 Å². The SMILES string of the molecule is CC12CSC(CC(=O)CCOc3cccc(CN(Cc4ccccn4)Cc4ccccn4)c3)C1NC(=O)N2.CCCCCCCC/C=C\CCC(=O)CCOc1cccc(CN(Cc2ccccn2)Cc2ccccn2)c1.O=C(CCOc1cccc(CN(Cc2ccccn2)Cc2ccccn2)c1)Cc1ccc2ccc3cccc4ccc1c2c34. The third-order valence-corrected chi connectivity index (χ3v) is 23.4. The van der Waals surface area contributed by atoms with Crippen LogP contribution < -0.4 is 24.8 Å². The number of ketones is 3. The van der Waals surface area contributed by atoms with Gasteiger partial charge in [-0.05, 0) is 190 Å². The fraction of sp³-hybridized carbons (Fsp3) is 0.314. The second-order valence-electron chi connectivity index (χ2n) is 31.6. The molecule has 18 nitrogen and oxygen atoms in total. The van der Waals surface area contributed by atoms with Crippen LogP contribution in [0.4, 0.5) is 4.79 Å². The summed E-state index contributed by atoms with van der Waals surface area (Å²) in [7, 11) is 0. The zero-order chi connectivity index (χ0) is 83.5. The van der Waals surface area contributed by atoms with Crippen LogP contribution >= 0.6 is 11.8 Å². The van der Waals surface area contributed by atoms with Crippen molar-refractivity contribution in [1.82, 2.24) is 55.2 Å². The Morgan fingerprint density at radius 3 is 1.26 bits per heavy atom. The largest absolute Gasteiger partial charge is 0.493 e. The van der Waals surface area contributed by atoms with Crippen LogP contribution in [0.5, 0.6) is 17.2 Å². The number of thioether (sulfide) groups is 1. The first-order valence-corrected chi connectivity index (χ1v) is 43.7. The Hall–Kier alpha value is -11.9. The van der Waals surface area contributed by atoms with Crippen molar-refractivity contribution in [2.45, 2.75) is 179 Å². The van der Waals surface area contributed by atoms with E-state index in [1.165, 1.54) is 65.5 Å². The quantitative estimate of drug-likeness (QED) is 0.0158. The average molecular weight is 1640 g/mol. The maximum absolute atomic E-state index is 13.1. The number of rotatable bonds is 44. The molecule has 13 aromatic rings. The highest BCUT2D eigenvalue weighted by molar-refractivity contribution is 8.00. The standard InChI is InChI=1S/C39H33N3O2.C34H45N3O2.C29H33N5O3S/c43-35(24-32-16-15-31-14-13-29-8-6-9-30-17-18-37(32)39(31)38(29)30)19-22-44-36-12-5-7-28(23-36)25-42(26-33-10-1-3-20-40-33)27-34-11-2-4-21-41-34;1-2-3-4-5-6-7-8-9-10-11-20-33(38)22-25-39-34-21-16-17-30(26-34)27-37(28-31-18-12-14-23-35-31)29-32-19-13-15-24-36-32;1-29-20-38-26(27(29)32-28(36)33-29)16-24(35)11-14-37-25-10-6-7-21(15-25)17-34(18-22-8-2-4-12-30-22)19-23-9-3-5-13-31-23/h1-18,20-21,23H,19,22,24-27H2;9-10,12-19,21,23-24,26H,2-8,11,20,22,25,27-29H2,1H3;2-10,12-13,15,26-27H,11,14,16-20H2,1H3,(H2,32,33,36)/b;10-9-;. The van der Waals surface area contributed by atoms with Crippen LogP contribution in [0, 0.1) is 0 Å². The minimum Gasteiger partial charge on any atom is -0.493 e. The summed E-state index contributed by atoms with van der Waals surface area (Å²) in [5, 5.41) is 13.4. The molecule has 7 aromatic carbocycles. The van der Waals surface area contributed by atoms with Crippen molar-refractivity contribution in [3.63, 3.8) is 0 Å². The number of hydrogen-bond acceptors (Lipinski definition) is 17. The Labute approximate surface area is 716 Å². The maximum atomic E-state index is 13.1. The highest BCUT2D eigenvalue weighted by atomic mass is 32.2. The highest BCUT2D eigenvalue weighted by Gasteiger charge is 2.52. The van der Waals surface area contributed by atoms with Gasteiger partial charge >= 0.3 is 6.03 Å². The van der Waals surface area contributed by atoms with Crippen LogP contribution in [-0.2, 0) is 79.7 Å². The molecule has 8 heterocycles. The lowest BCUT2D eigenvalue weighted by molar-refractivity contribution is -0.120. The predicted octanol–water partition coefficient (Wildman–Crippen LogP) is 20.2. The number of carbonyl (C=O) groups excluding carboxylic acids is 4. The number of amides is 2. The number of nitrogens with one attached hydrogen (secondary N) is 2. The molecular formula is C102H111N11O7S. The molecule has 0 saturated carbocycles. The molecule has 2 N–H and O–H groups in total. The minimum atomic E-state index is -0.273. The monoisotopic (exact) mass is 1630 g/mol. The molecule has 15 rings (SSSR count). The van der Waals surface area contributed by atoms with E-state index in [1.54, 1.807) is 11.8 Å². The van der Waals surface area contributed by atoms with E-state index in [0.29, 0.717) is 91.1 Å². The molecule has 0 bridgehead atoms. The smallest absolute Gasteiger partial charge is 0.315 e. The zero-order valence-electron chi connectivity index (χ0n) is 69.7. The van der Waals surface area contributed by atoms with E-state index < -0.39 is 0 Å². The lowest BCUT2D eigenvalue weighted by atomic mass is 9.90. The number of pyridine rings is 6. The second-order valence-corrected chi connectivity index (χ2v) is 32.8. The molecule has 0 spiro atoms. The normalized spacial score (nSPS) is 14.8. The number of unbranched alkanes of at least 4 members (excludes halogenated alkanes) is 6. The minimum absolute atomic E-state index is 0.0123. The summed E-state index contributed by atoms with van der Waals surface area (Å²) >= 11 is 1.75. The summed E-state index contributed by atoms with van der Waals surface area (Å²) in [4.78, 5) is 83.9. The summed E-state index contributed by atoms with van der Waals surface area (Å²) < 4.78 is 18.0. The van der Waals surface area contributed by atoms with Crippen molar-refractivity contribution in [3.8, 4) is 17.2 Å². The molecule has 2 aliphatic heterocycles. The first kappa shape index (κ1) is 87.0. The van der Waals surface area contributed by atoms with Crippen LogP contribution in [0.25, 0.3) is 32.3 Å². The van der Waals surface area contributed by atoms with Crippen LogP contribution in [-0.4, -0.2) is 110 Å². The fourth-order valence-corrected chi connectivity index (χ4v) is 17.4. The maximum Gasteiger partial charge on any atom is 0.315 e. The summed E-state index contributed by atoms with van der Waals surface area (Å²) in [6, 6.07) is 79.4. The Morgan fingerprint density at radius 2 is 0.818 bits per heavy atom. The van der Waals surface area contributed by atoms with E-state index in [1.807, 2.05) is 196 Å². The van der Waals surface area contributed by atoms with Crippen molar-refractivity contribution < 1.29 is 33.4 Å². The van der Waals surface area contributed by atoms with E-state index in [2.05, 4.69) is 159 Å². The number of carbonyl (C=O) groups is 4. The number of urea groups is 1. The van der Waals surface area contributed by atoms with Gasteiger partial charge in [0, 0.05) is 146 Å². The van der Waals surface area contributed by atoms with Gasteiger partial charge in [-0.15, -0.1) is 0 Å². The molecule has 3 atom stereocenters. The summed E-state index contributed by atoms with van der Waals surface area (Å²) in [6.07, 6.45) is 27.8. The van der Waals surface area contributed by atoms with Gasteiger partial charge in [0.05, 0.1) is 65.6 Å². The lowest BCUT2D eigenvalue weighted by Crippen LogP contribution is -2.48. The number of benzene rings is 7. The van der Waals surface area contributed by atoms with Gasteiger partial charge in [0.15, 0.2) is 0 Å². The Bertz CT molecular complexity index is 5250. The Morgan fingerprint density at radius 1 is 0.421 bits per heavy atom. The van der Waals surface area contributed by atoms with Crippen molar-refractivity contribution in [3.05, 3.63) is 342 Å². The number of nitrogens with zero attached hydrogens (tertiary/aromatic N) is 9. The first-order valence-electron chi connectivity index (χ1n) is 42.7. The van der Waals surface area contributed by atoms with Gasteiger partial charge in [-0.25, -0.2) is 4.79 Å². The third-order valence-electron chi connectivity index (χ3n) is 21.8. The Kier molecular flexibility index (Phi) is 33.1. The zero-order valence-corrected chi connectivity index (χ0v) is 70.5. The molecule has 2 amide bonds. The predicted molar refractivity (Wildman–Crippen MR) is 484 cm³/mol. The van der Waals surface area contributed by atoms with Gasteiger partial charge in [0.25, 0.3) is 0 Å². The van der Waals surface area contributed by atoms with Crippen LogP contribution in [0.3, 0.4) is 0 Å². The molecule has 6 aromatic heterocycles. The Balaban J connectivity index is 0.000000157. The number of hydrogen-bond donors (Lipinski definition) is 2. The van der Waals surface area contributed by atoms with E-state index >= 15 is 0 Å². The van der Waals surface area contributed by atoms with Gasteiger partial charge < -0.3 is 24.8 Å². The van der Waals surface area contributed by atoms with Gasteiger partial charge in [0.2, 0.25) is 0 Å². The van der Waals surface area contributed by atoms with Crippen molar-refractivity contribution in [1.29, 1.82) is 0 Å². The number of ether oxygens (including phenoxy) is 3. The lowest BCUT2D eigenvalue weighted by Gasteiger charge is -2.23. The number of fused-ring (bicyclic) bond motifs is 1. The van der Waals surface area contributed by atoms with Gasteiger partial charge in [-0.2, -0.15) is 11.8 Å². The van der Waals surface area contributed by atoms with E-state index in [4.69, 9.17) is 14.2 Å². The molecule has 2 fully saturated rings. The molecular weight excluding hydrogens is 1520 g/mol. The molecule has 0 radical (unpaired) electrons. The molecule has 19 heteroatoms. The van der Waals surface area contributed by atoms with Crippen LogP contribution in [0.2, 0.25) is 0 Å². The van der Waals surface area contributed by atoms with E-state index in [9.17, 15) is 19.2 Å². The number of Topliss-reactive ketones (excluding diaryl/α,β-unsaturated/α-hetero) is 3. The first-order chi connectivity index (χ1) is 59.4. The average Bonchev–Trinajstić information content (AvgIpc) is 1.37. The fourth-order valence-electron chi connectivity index (χ4n) is 15.7. The van der Waals surface area contributed by atoms with Gasteiger partial charge in [-0.3, -0.25) is 59.0 Å². The summed E-state index contributed by atoms with van der Waals surface area (Å²) in [5.41, 5.74) is 10.3. The number of allylic oxidation sites excluding steroid dienone is 2. The molecule has 3 unspecified atom stereocenters. The molecule has 121 heavy (non-hydrogen) atoms. The number of aromatic nitrogens is 6. The van der Waals surface area contributed by atoms with Crippen LogP contribution in [0.15, 0.2) is 286 Å². The summed E-state index contributed by atoms with van der Waals surface area (Å²) in [5.74, 6) is 3.72. The molecule has 2 saturated heterocycles. The summed E-state index contributed by atoms with van der Waals surface area (Å²) in [6.45, 7) is 11.8. The third kappa shape index (κ3) is 27.6. The van der Waals surface area contributed by atoms with Crippen molar-refractivity contribution in [2.24, 2.45) is 0 Å². The van der Waals surface area contributed by atoms with Crippen molar-refractivity contribution >= 4 is 67.5 Å². The highest BCUT2D eigenvalue weighted by Crippen LogP contribution is 2.40. The van der Waals surface area contributed by atoms with Crippen LogP contribution in [0.1, 0.15) is 154 Å². The van der Waals surface area contributed by atoms with E-state index in [0.717, 1.165) is 124 Å². The second kappa shape index (κ2) is 46.1. The topological polar surface area (TPSA) is 207 Å². The molecule has 622 valence electrons. The molecule has 2 aliphatic rings. The van der Waals surface area contributed by atoms with Crippen molar-refractivity contribution in [2.75, 3.05) is 25.6 Å². The van der Waals surface area contributed by atoms with E-state index in [-0.39, 0.29) is 40.2 Å². The van der Waals surface area contributed by atoms with Gasteiger partial charge in [-0.1, -0.05) is 179 Å².